The number of likely N-dealkylation sites (tertiary alicyclic amines) is 1. The number of methoxy groups -OCH3 is 1. The van der Waals surface area contributed by atoms with E-state index in [1.807, 2.05) is 0 Å². The Balaban J connectivity index is 2.16. The lowest BCUT2D eigenvalue weighted by molar-refractivity contribution is -0.384. The molecule has 1 saturated heterocycles. The summed E-state index contributed by atoms with van der Waals surface area (Å²) < 4.78 is 132. The summed E-state index contributed by atoms with van der Waals surface area (Å²) in [7, 11) is 0.162. The van der Waals surface area contributed by atoms with Crippen molar-refractivity contribution in [1.29, 1.82) is 0 Å². The molecular formula is C25H25F8NO4S. The third kappa shape index (κ3) is 5.68. The number of amides is 1. The minimum absolute atomic E-state index is 0.0451. The average Bonchev–Trinajstić information content (AvgIpc) is 3.25. The van der Waals surface area contributed by atoms with Crippen LogP contribution in [-0.2, 0) is 31.0 Å². The fourth-order valence-corrected chi connectivity index (χ4v) is 6.16. The van der Waals surface area contributed by atoms with Crippen molar-refractivity contribution in [2.75, 3.05) is 20.2 Å². The van der Waals surface area contributed by atoms with Gasteiger partial charge in [0.05, 0.1) is 6.54 Å². The topological polar surface area (TPSA) is 61.8 Å². The van der Waals surface area contributed by atoms with Crippen molar-refractivity contribution in [1.82, 2.24) is 4.90 Å². The molecule has 1 unspecified atom stereocenters. The molecule has 1 amide bonds. The van der Waals surface area contributed by atoms with Gasteiger partial charge in [-0.05, 0) is 62.3 Å². The van der Waals surface area contributed by atoms with Gasteiger partial charge in [0.1, 0.15) is 17.2 Å². The molecule has 14 heteroatoms. The molecule has 39 heavy (non-hydrogen) atoms. The zero-order valence-electron chi connectivity index (χ0n) is 21.2. The zero-order valence-corrected chi connectivity index (χ0v) is 22.0. The number of carbonyl (C=O) groups excluding carboxylic acids is 1. The van der Waals surface area contributed by atoms with Gasteiger partial charge in [0.25, 0.3) is 5.60 Å². The van der Waals surface area contributed by atoms with Gasteiger partial charge in [-0.25, -0.2) is 13.6 Å². The summed E-state index contributed by atoms with van der Waals surface area (Å²) in [6.45, 7) is 4.35. The van der Waals surface area contributed by atoms with Crippen LogP contribution in [0.1, 0.15) is 38.3 Å². The Kier molecular flexibility index (Phi) is 8.28. The number of hydrogen-bond acceptors (Lipinski definition) is 4. The van der Waals surface area contributed by atoms with Crippen molar-refractivity contribution in [3.8, 4) is 0 Å². The molecule has 2 aromatic carbocycles. The van der Waals surface area contributed by atoms with E-state index in [2.05, 4.69) is 4.74 Å². The normalized spacial score (nSPS) is 19.8. The molecule has 0 saturated carbocycles. The summed E-state index contributed by atoms with van der Waals surface area (Å²) in [5, 5.41) is 0. The van der Waals surface area contributed by atoms with Crippen LogP contribution in [0.25, 0.3) is 0 Å². The predicted octanol–water partition coefficient (Wildman–Crippen LogP) is 6.58. The lowest BCUT2D eigenvalue weighted by Gasteiger charge is -2.37. The Bertz CT molecular complexity index is 1180. The SMILES string of the molecule is COC(c1ccc([C@]2([S+]([O-])c3ccc(F)cc3)CCN(C(=O)OC(C)(C)C)C2)cc1F)(C(F)(F)F)C(F)(F)F. The van der Waals surface area contributed by atoms with E-state index in [1.165, 1.54) is 12.1 Å². The van der Waals surface area contributed by atoms with Crippen molar-refractivity contribution < 1.29 is 53.9 Å². The number of alkyl halides is 6. The van der Waals surface area contributed by atoms with Gasteiger partial charge >= 0.3 is 18.4 Å². The van der Waals surface area contributed by atoms with Crippen LogP contribution in [-0.4, -0.2) is 53.7 Å². The Hall–Kier alpha value is -2.58. The largest absolute Gasteiger partial charge is 0.611 e. The first kappa shape index (κ1) is 31.0. The summed E-state index contributed by atoms with van der Waals surface area (Å²) in [4.78, 5) is 13.9. The molecule has 5 nitrogen and oxygen atoms in total. The molecule has 0 N–H and O–H groups in total. The number of halogens is 8. The second-order valence-corrected chi connectivity index (χ2v) is 11.7. The maximum Gasteiger partial charge on any atom is 0.430 e. The number of benzene rings is 2. The van der Waals surface area contributed by atoms with Gasteiger partial charge in [-0.2, -0.15) is 26.3 Å². The highest BCUT2D eigenvalue weighted by Crippen LogP contribution is 2.54. The van der Waals surface area contributed by atoms with Crippen LogP contribution in [0.2, 0.25) is 0 Å². The van der Waals surface area contributed by atoms with Crippen molar-refractivity contribution in [3.63, 3.8) is 0 Å². The number of carbonyl (C=O) groups is 1. The van der Waals surface area contributed by atoms with Crippen LogP contribution >= 0.6 is 0 Å². The smallest absolute Gasteiger partial charge is 0.430 e. The quantitative estimate of drug-likeness (QED) is 0.293. The van der Waals surface area contributed by atoms with E-state index < -0.39 is 62.8 Å². The van der Waals surface area contributed by atoms with E-state index in [1.54, 1.807) is 20.8 Å². The molecule has 1 aliphatic rings. The van der Waals surface area contributed by atoms with E-state index in [0.717, 1.165) is 23.1 Å². The van der Waals surface area contributed by atoms with Crippen molar-refractivity contribution in [2.24, 2.45) is 0 Å². The van der Waals surface area contributed by atoms with Crippen LogP contribution in [0.4, 0.5) is 39.9 Å². The highest BCUT2D eigenvalue weighted by Gasteiger charge is 2.74. The second kappa shape index (κ2) is 10.4. The number of hydrogen-bond donors (Lipinski definition) is 0. The fourth-order valence-electron chi connectivity index (χ4n) is 4.43. The van der Waals surface area contributed by atoms with Crippen LogP contribution in [0, 0.1) is 11.6 Å². The van der Waals surface area contributed by atoms with Crippen molar-refractivity contribution in [3.05, 3.63) is 65.2 Å². The predicted molar refractivity (Wildman–Crippen MR) is 124 cm³/mol. The van der Waals surface area contributed by atoms with E-state index in [9.17, 15) is 40.1 Å². The van der Waals surface area contributed by atoms with Gasteiger partial charge in [-0.15, -0.1) is 0 Å². The van der Waals surface area contributed by atoms with Gasteiger partial charge in [0, 0.05) is 31.2 Å². The van der Waals surface area contributed by atoms with Gasteiger partial charge in [0.15, 0.2) is 9.64 Å². The number of rotatable bonds is 5. The third-order valence-corrected chi connectivity index (χ3v) is 8.22. The minimum Gasteiger partial charge on any atom is -0.611 e. The molecule has 2 aromatic rings. The zero-order chi connectivity index (χ0) is 29.6. The maximum absolute atomic E-state index is 15.3. The van der Waals surface area contributed by atoms with Crippen molar-refractivity contribution >= 4 is 17.3 Å². The molecule has 216 valence electrons. The van der Waals surface area contributed by atoms with Gasteiger partial charge in [-0.3, -0.25) is 0 Å². The van der Waals surface area contributed by atoms with E-state index in [0.29, 0.717) is 6.07 Å². The van der Waals surface area contributed by atoms with Crippen LogP contribution in [0.15, 0.2) is 47.4 Å². The fraction of sp³-hybridized carbons (Fsp3) is 0.480. The maximum atomic E-state index is 15.3. The summed E-state index contributed by atoms with van der Waals surface area (Å²) >= 11 is -2.17. The molecule has 0 bridgehead atoms. The second-order valence-electron chi connectivity index (χ2n) is 9.94. The van der Waals surface area contributed by atoms with E-state index in [4.69, 9.17) is 4.74 Å². The first-order chi connectivity index (χ1) is 17.8. The highest BCUT2D eigenvalue weighted by molar-refractivity contribution is 7.92. The molecule has 1 aliphatic heterocycles. The van der Waals surface area contributed by atoms with Crippen LogP contribution in [0.5, 0.6) is 0 Å². The average molecular weight is 588 g/mol. The Morgan fingerprint density at radius 3 is 2.00 bits per heavy atom. The molecule has 3 rings (SSSR count). The van der Waals surface area contributed by atoms with Gasteiger partial charge < -0.3 is 18.9 Å². The summed E-state index contributed by atoms with van der Waals surface area (Å²) in [5.41, 5.74) is -7.94. The van der Waals surface area contributed by atoms with E-state index >= 15 is 4.39 Å². The van der Waals surface area contributed by atoms with Crippen molar-refractivity contribution in [2.45, 2.75) is 60.4 Å². The molecule has 2 atom stereocenters. The number of nitrogens with zero attached hydrogens (tertiary/aromatic N) is 1. The summed E-state index contributed by atoms with van der Waals surface area (Å²) in [6, 6.07) is 5.88. The Morgan fingerprint density at radius 2 is 1.54 bits per heavy atom. The number of ether oxygens (including phenoxy) is 2. The monoisotopic (exact) mass is 587 g/mol. The van der Waals surface area contributed by atoms with Gasteiger partial charge in [0.2, 0.25) is 0 Å². The standard InChI is InChI=1S/C25H25F8NO4S/c1-21(2,3)38-20(35)34-12-11-22(14-34,39(36)17-8-6-16(26)7-9-17)15-5-10-18(19(27)13-15)23(37-4,24(28,29)30)25(31,32)33/h5-10,13H,11-12,14H2,1-4H3/t22-,39?/m0/s1. The minimum atomic E-state index is -6.09. The molecular weight excluding hydrogens is 562 g/mol. The molecule has 0 aliphatic carbocycles. The Labute approximate surface area is 222 Å². The lowest BCUT2D eigenvalue weighted by Crippen LogP contribution is -2.56. The van der Waals surface area contributed by atoms with Crippen LogP contribution < -0.4 is 0 Å². The molecule has 0 spiro atoms. The van der Waals surface area contributed by atoms with Crippen LogP contribution in [0.3, 0.4) is 0 Å². The molecule has 1 heterocycles. The molecule has 0 aromatic heterocycles. The summed E-state index contributed by atoms with van der Waals surface area (Å²) in [6.07, 6.45) is -13.1. The molecule has 1 fully saturated rings. The first-order valence-corrected chi connectivity index (χ1v) is 12.6. The lowest BCUT2D eigenvalue weighted by atomic mass is 9.88. The van der Waals surface area contributed by atoms with Gasteiger partial charge in [-0.1, -0.05) is 12.1 Å². The van der Waals surface area contributed by atoms with E-state index in [-0.39, 0.29) is 43.1 Å². The molecule has 0 radical (unpaired) electrons. The Morgan fingerprint density at radius 1 is 0.974 bits per heavy atom. The summed E-state index contributed by atoms with van der Waals surface area (Å²) in [5.74, 6) is -2.56. The first-order valence-electron chi connectivity index (χ1n) is 11.4. The highest BCUT2D eigenvalue weighted by atomic mass is 32.2. The third-order valence-electron chi connectivity index (χ3n) is 6.25.